The van der Waals surface area contributed by atoms with Crippen molar-refractivity contribution in [3.05, 3.63) is 28.8 Å². The molecule has 0 aromatic heterocycles. The maximum absolute atomic E-state index is 10.2. The van der Waals surface area contributed by atoms with E-state index >= 15 is 0 Å². The molecule has 1 aromatic carbocycles. The smallest absolute Gasteiger partial charge is 0.524 e. The molecule has 1 aliphatic rings. The van der Waals surface area contributed by atoms with Gasteiger partial charge in [0.25, 0.3) is 6.16 Å². The van der Waals surface area contributed by atoms with Gasteiger partial charge < -0.3 is 19.7 Å². The summed E-state index contributed by atoms with van der Waals surface area (Å²) in [5.41, 5.74) is 0.465. The van der Waals surface area contributed by atoms with E-state index in [0.29, 0.717) is 21.4 Å². The number of carboxylic acid groups (broad SMARTS) is 1. The van der Waals surface area contributed by atoms with Gasteiger partial charge in [0.1, 0.15) is 17.0 Å². The Morgan fingerprint density at radius 1 is 1.61 bits per heavy atom. The van der Waals surface area contributed by atoms with E-state index in [0.717, 1.165) is 0 Å². The molecule has 1 atom stereocenters. The van der Waals surface area contributed by atoms with Crippen LogP contribution in [0.4, 0.5) is 4.79 Å². The Hall–Kier alpha value is -0.400. The standard InChI is InChI=1S/C10H8ClNO4S.Na/c11-5-1-2-7(13)6(3-5)9-12-8(4-17-9)16-10(14)15;/h1-3,8,13H,4H2,(H,14,15);/q;+1/p-1. The minimum absolute atomic E-state index is 0. The molecule has 0 spiro atoms. The van der Waals surface area contributed by atoms with Crippen LogP contribution in [0.25, 0.3) is 0 Å². The minimum Gasteiger partial charge on any atom is -0.524 e. The molecule has 1 heterocycles. The quantitative estimate of drug-likeness (QED) is 0.516. The molecule has 0 saturated heterocycles. The number of nitrogens with zero attached hydrogens (tertiary/aromatic N) is 1. The fourth-order valence-corrected chi connectivity index (χ4v) is 2.48. The molecule has 0 amide bonds. The number of halogens is 1. The molecule has 5 nitrogen and oxygen atoms in total. The largest absolute Gasteiger partial charge is 1.00 e. The molecule has 1 N–H and O–H groups in total. The summed E-state index contributed by atoms with van der Waals surface area (Å²) in [5.74, 6) is 0.393. The second kappa shape index (κ2) is 6.68. The van der Waals surface area contributed by atoms with Crippen LogP contribution in [0.2, 0.25) is 5.02 Å². The Kier molecular flexibility index (Phi) is 5.81. The summed E-state index contributed by atoms with van der Waals surface area (Å²) < 4.78 is 4.42. The number of thioether (sulfide) groups is 1. The van der Waals surface area contributed by atoms with Crippen LogP contribution >= 0.6 is 23.4 Å². The number of aromatic hydroxyl groups is 1. The number of phenols is 1. The molecular formula is C10H7ClNNaO4S. The predicted octanol–water partition coefficient (Wildman–Crippen LogP) is -1.77. The SMILES string of the molecule is O=C([O-])OC1CSC(c2cc(Cl)ccc2O)=N1.[Na+]. The van der Waals surface area contributed by atoms with E-state index in [2.05, 4.69) is 9.73 Å². The predicted molar refractivity (Wildman–Crippen MR) is 62.4 cm³/mol. The van der Waals surface area contributed by atoms with Crippen molar-refractivity contribution < 1.29 is 49.3 Å². The molecule has 1 unspecified atom stereocenters. The van der Waals surface area contributed by atoms with E-state index in [1.165, 1.54) is 17.8 Å². The van der Waals surface area contributed by atoms with Gasteiger partial charge in [-0.15, -0.1) is 11.8 Å². The Morgan fingerprint density at radius 3 is 3.00 bits per heavy atom. The molecule has 8 heteroatoms. The Balaban J connectivity index is 0.00000162. The van der Waals surface area contributed by atoms with Crippen molar-refractivity contribution in [2.45, 2.75) is 6.23 Å². The normalized spacial score (nSPS) is 17.8. The van der Waals surface area contributed by atoms with E-state index in [1.54, 1.807) is 12.1 Å². The molecular weight excluding hydrogens is 289 g/mol. The molecule has 0 fully saturated rings. The van der Waals surface area contributed by atoms with Crippen LogP contribution in [0.3, 0.4) is 0 Å². The topological polar surface area (TPSA) is 82.0 Å². The number of carbonyl (C=O) groups excluding carboxylic acids is 1. The van der Waals surface area contributed by atoms with Crippen LogP contribution in [-0.4, -0.2) is 28.3 Å². The van der Waals surface area contributed by atoms with Crippen molar-refractivity contribution in [3.8, 4) is 5.75 Å². The van der Waals surface area contributed by atoms with Gasteiger partial charge in [0, 0.05) is 16.3 Å². The van der Waals surface area contributed by atoms with Crippen LogP contribution < -0.4 is 34.7 Å². The Morgan fingerprint density at radius 2 is 2.33 bits per heavy atom. The molecule has 90 valence electrons. The van der Waals surface area contributed by atoms with E-state index in [1.807, 2.05) is 0 Å². The van der Waals surface area contributed by atoms with Gasteiger partial charge in [-0.05, 0) is 18.2 Å². The van der Waals surface area contributed by atoms with Crippen molar-refractivity contribution in [3.63, 3.8) is 0 Å². The van der Waals surface area contributed by atoms with Crippen molar-refractivity contribution in [2.24, 2.45) is 4.99 Å². The first-order chi connectivity index (χ1) is 8.06. The van der Waals surface area contributed by atoms with Crippen molar-refractivity contribution in [1.82, 2.24) is 0 Å². The second-order valence-corrected chi connectivity index (χ2v) is 4.67. The summed E-state index contributed by atoms with van der Waals surface area (Å²) in [5, 5.41) is 20.8. The maximum Gasteiger partial charge on any atom is 1.00 e. The molecule has 0 bridgehead atoms. The third-order valence-electron chi connectivity index (χ3n) is 2.05. The number of rotatable bonds is 2. The van der Waals surface area contributed by atoms with Crippen LogP contribution in [-0.2, 0) is 4.74 Å². The number of carbonyl (C=O) groups is 1. The second-order valence-electron chi connectivity index (χ2n) is 3.23. The van der Waals surface area contributed by atoms with E-state index in [9.17, 15) is 15.0 Å². The number of benzene rings is 1. The van der Waals surface area contributed by atoms with Gasteiger partial charge in [0.05, 0.1) is 0 Å². The molecule has 0 radical (unpaired) electrons. The summed E-state index contributed by atoms with van der Waals surface area (Å²) in [6.07, 6.45) is -2.41. The first kappa shape index (κ1) is 15.7. The monoisotopic (exact) mass is 295 g/mol. The first-order valence-electron chi connectivity index (χ1n) is 4.63. The van der Waals surface area contributed by atoms with Crippen LogP contribution in [0.1, 0.15) is 5.56 Å². The van der Waals surface area contributed by atoms with Gasteiger partial charge >= 0.3 is 29.6 Å². The third-order valence-corrected chi connectivity index (χ3v) is 3.33. The Bertz CT molecular complexity index is 497. The fourth-order valence-electron chi connectivity index (χ4n) is 1.35. The summed E-state index contributed by atoms with van der Waals surface area (Å²) in [6, 6.07) is 4.56. The number of hydrogen-bond donors (Lipinski definition) is 1. The summed E-state index contributed by atoms with van der Waals surface area (Å²) >= 11 is 7.09. The Labute approximate surface area is 134 Å². The molecule has 1 aliphatic heterocycles. The zero-order valence-corrected chi connectivity index (χ0v) is 13.0. The van der Waals surface area contributed by atoms with Crippen molar-refractivity contribution >= 4 is 34.6 Å². The minimum atomic E-state index is -1.61. The van der Waals surface area contributed by atoms with Crippen molar-refractivity contribution in [2.75, 3.05) is 5.75 Å². The number of ether oxygens (including phenoxy) is 1. The van der Waals surface area contributed by atoms with Crippen LogP contribution in [0, 0.1) is 0 Å². The summed E-state index contributed by atoms with van der Waals surface area (Å²) in [7, 11) is 0. The van der Waals surface area contributed by atoms with Gasteiger partial charge in [0.2, 0.25) is 0 Å². The van der Waals surface area contributed by atoms with Gasteiger partial charge in [-0.25, -0.2) is 0 Å². The summed E-state index contributed by atoms with van der Waals surface area (Å²) in [4.78, 5) is 14.3. The molecule has 0 saturated carbocycles. The van der Waals surface area contributed by atoms with Gasteiger partial charge in [-0.3, -0.25) is 4.99 Å². The average molecular weight is 296 g/mol. The van der Waals surface area contributed by atoms with Gasteiger partial charge in [-0.1, -0.05) is 11.6 Å². The van der Waals surface area contributed by atoms with Crippen LogP contribution in [0.15, 0.2) is 23.2 Å². The number of aliphatic imine (C=N–C) groups is 1. The third kappa shape index (κ3) is 3.80. The van der Waals surface area contributed by atoms with Crippen LogP contribution in [0.5, 0.6) is 5.75 Å². The van der Waals surface area contributed by atoms with E-state index in [-0.39, 0.29) is 35.3 Å². The maximum atomic E-state index is 10.2. The van der Waals surface area contributed by atoms with Gasteiger partial charge in [-0.2, -0.15) is 0 Å². The molecule has 2 rings (SSSR count). The van der Waals surface area contributed by atoms with Gasteiger partial charge in [0.15, 0.2) is 0 Å². The van der Waals surface area contributed by atoms with E-state index in [4.69, 9.17) is 11.6 Å². The number of hydrogen-bond acceptors (Lipinski definition) is 6. The van der Waals surface area contributed by atoms with E-state index < -0.39 is 12.4 Å². The average Bonchev–Trinajstić information content (AvgIpc) is 2.69. The van der Waals surface area contributed by atoms with Crippen molar-refractivity contribution in [1.29, 1.82) is 0 Å². The summed E-state index contributed by atoms with van der Waals surface area (Å²) in [6.45, 7) is 0. The molecule has 1 aromatic rings. The molecule has 18 heavy (non-hydrogen) atoms. The fraction of sp³-hybridized carbons (Fsp3) is 0.200. The number of phenolic OH excluding ortho intramolecular Hbond substituents is 1. The zero-order valence-electron chi connectivity index (χ0n) is 9.42. The first-order valence-corrected chi connectivity index (χ1v) is 6.00. The zero-order chi connectivity index (χ0) is 12.4. The molecule has 0 aliphatic carbocycles.